The van der Waals surface area contributed by atoms with E-state index in [4.69, 9.17) is 0 Å². The molecule has 0 unspecified atom stereocenters. The van der Waals surface area contributed by atoms with Gasteiger partial charge in [-0.1, -0.05) is 42.1 Å². The van der Waals surface area contributed by atoms with Gasteiger partial charge in [-0.15, -0.1) is 10.2 Å². The Morgan fingerprint density at radius 3 is 2.41 bits per heavy atom. The number of nitrogens with zero attached hydrogens (tertiary/aromatic N) is 4. The highest BCUT2D eigenvalue weighted by molar-refractivity contribution is 7.99. The average molecular weight is 463 g/mol. The number of rotatable bonds is 7. The fourth-order valence-corrected chi connectivity index (χ4v) is 3.82. The summed E-state index contributed by atoms with van der Waals surface area (Å²) < 4.78 is 41.0. The van der Waals surface area contributed by atoms with E-state index >= 15 is 0 Å². The Labute approximate surface area is 186 Å². The van der Waals surface area contributed by atoms with E-state index in [-0.39, 0.29) is 17.3 Å². The van der Waals surface area contributed by atoms with Crippen LogP contribution < -0.4 is 5.32 Å². The molecule has 0 saturated heterocycles. The van der Waals surface area contributed by atoms with Crippen molar-refractivity contribution in [1.29, 1.82) is 0 Å². The highest BCUT2D eigenvalue weighted by Crippen LogP contribution is 2.34. The first-order valence-electron chi connectivity index (χ1n) is 9.47. The zero-order chi connectivity index (χ0) is 23.3. The first-order chi connectivity index (χ1) is 15.2. The third-order valence-electron chi connectivity index (χ3n) is 4.45. The molecule has 0 spiro atoms. The Morgan fingerprint density at radius 1 is 1.06 bits per heavy atom. The van der Waals surface area contributed by atoms with E-state index in [0.717, 1.165) is 34.5 Å². The van der Waals surface area contributed by atoms with E-state index < -0.39 is 24.2 Å². The predicted molar refractivity (Wildman–Crippen MR) is 115 cm³/mol. The highest BCUT2D eigenvalue weighted by atomic mass is 32.2. The molecule has 3 aromatic rings. The van der Waals surface area contributed by atoms with Crippen molar-refractivity contribution in [3.63, 3.8) is 0 Å². The van der Waals surface area contributed by atoms with Gasteiger partial charge in [-0.05, 0) is 31.2 Å². The average Bonchev–Trinajstić information content (AvgIpc) is 3.12. The largest absolute Gasteiger partial charge is 0.418 e. The van der Waals surface area contributed by atoms with Crippen LogP contribution in [-0.2, 0) is 15.8 Å². The predicted octanol–water partition coefficient (Wildman–Crippen LogP) is 3.78. The third-order valence-corrected chi connectivity index (χ3v) is 5.36. The van der Waals surface area contributed by atoms with Crippen LogP contribution in [-0.4, -0.2) is 50.8 Å². The zero-order valence-electron chi connectivity index (χ0n) is 17.3. The number of carbonyl (C=O) groups excluding carboxylic acids is 2. The molecule has 0 fully saturated rings. The van der Waals surface area contributed by atoms with Crippen LogP contribution in [0.5, 0.6) is 0 Å². The highest BCUT2D eigenvalue weighted by Gasteiger charge is 2.33. The first-order valence-corrected chi connectivity index (χ1v) is 10.5. The van der Waals surface area contributed by atoms with Crippen LogP contribution in [0.15, 0.2) is 59.8 Å². The minimum Gasteiger partial charge on any atom is -0.336 e. The molecule has 0 aliphatic heterocycles. The number of carbonyl (C=O) groups is 2. The first kappa shape index (κ1) is 23.3. The van der Waals surface area contributed by atoms with Gasteiger partial charge in [0.15, 0.2) is 5.16 Å². The van der Waals surface area contributed by atoms with Crippen LogP contribution in [0.3, 0.4) is 0 Å². The maximum absolute atomic E-state index is 13.1. The second kappa shape index (κ2) is 9.86. The van der Waals surface area contributed by atoms with E-state index in [1.54, 1.807) is 11.5 Å². The summed E-state index contributed by atoms with van der Waals surface area (Å²) in [5.74, 6) is -0.476. The number of alkyl halides is 3. The minimum atomic E-state index is -4.60. The fraction of sp³-hybridized carbons (Fsp3) is 0.238. The molecule has 32 heavy (non-hydrogen) atoms. The number of hydrogen-bond acceptors (Lipinski definition) is 5. The number of halogens is 3. The zero-order valence-corrected chi connectivity index (χ0v) is 18.1. The van der Waals surface area contributed by atoms with Crippen molar-refractivity contribution in [1.82, 2.24) is 19.7 Å². The minimum absolute atomic E-state index is 0.0200. The Hall–Kier alpha value is -3.34. The molecule has 168 valence electrons. The van der Waals surface area contributed by atoms with E-state index in [1.807, 2.05) is 30.3 Å². The van der Waals surface area contributed by atoms with E-state index in [2.05, 4.69) is 15.5 Å². The van der Waals surface area contributed by atoms with Crippen molar-refractivity contribution < 1.29 is 22.8 Å². The van der Waals surface area contributed by atoms with Gasteiger partial charge in [-0.25, -0.2) is 0 Å². The monoisotopic (exact) mass is 463 g/mol. The molecule has 2 amide bonds. The second-order valence-corrected chi connectivity index (χ2v) is 7.77. The number of likely N-dealkylation sites (N-methyl/N-ethyl adjacent to an activating group) is 1. The molecule has 2 aromatic carbocycles. The van der Waals surface area contributed by atoms with E-state index in [1.165, 1.54) is 19.2 Å². The van der Waals surface area contributed by atoms with Gasteiger partial charge in [-0.2, -0.15) is 13.2 Å². The van der Waals surface area contributed by atoms with Gasteiger partial charge in [0.1, 0.15) is 5.82 Å². The van der Waals surface area contributed by atoms with Crippen molar-refractivity contribution >= 4 is 29.3 Å². The number of benzene rings is 2. The molecule has 1 N–H and O–H groups in total. The van der Waals surface area contributed by atoms with E-state index in [9.17, 15) is 22.8 Å². The van der Waals surface area contributed by atoms with Gasteiger partial charge >= 0.3 is 6.18 Å². The quantitative estimate of drug-likeness (QED) is 0.540. The SMILES string of the molecule is Cc1nnc(SCC(=O)N(C)CC(=O)Nc2ccccc2C(F)(F)F)n1-c1ccccc1. The van der Waals surface area contributed by atoms with Gasteiger partial charge < -0.3 is 10.2 Å². The van der Waals surface area contributed by atoms with Crippen LogP contribution >= 0.6 is 11.8 Å². The van der Waals surface area contributed by atoms with Gasteiger partial charge in [0.2, 0.25) is 11.8 Å². The summed E-state index contributed by atoms with van der Waals surface area (Å²) in [6, 6.07) is 14.1. The van der Waals surface area contributed by atoms with Crippen LogP contribution in [0.2, 0.25) is 0 Å². The number of aromatic nitrogens is 3. The second-order valence-electron chi connectivity index (χ2n) is 6.83. The van der Waals surface area contributed by atoms with Crippen molar-refractivity contribution in [2.24, 2.45) is 0 Å². The number of para-hydroxylation sites is 2. The van der Waals surface area contributed by atoms with Crippen molar-refractivity contribution in [3.8, 4) is 5.69 Å². The Balaban J connectivity index is 1.59. The molecule has 11 heteroatoms. The molecule has 1 aromatic heterocycles. The number of nitrogens with one attached hydrogen (secondary N) is 1. The maximum Gasteiger partial charge on any atom is 0.418 e. The molecule has 0 saturated carbocycles. The van der Waals surface area contributed by atoms with Crippen LogP contribution in [0.4, 0.5) is 18.9 Å². The topological polar surface area (TPSA) is 80.1 Å². The molecule has 0 radical (unpaired) electrons. The molecule has 0 aliphatic rings. The summed E-state index contributed by atoms with van der Waals surface area (Å²) in [6.45, 7) is 1.40. The van der Waals surface area contributed by atoms with Gasteiger partial charge in [0, 0.05) is 12.7 Å². The van der Waals surface area contributed by atoms with Gasteiger partial charge in [-0.3, -0.25) is 14.2 Å². The van der Waals surface area contributed by atoms with Crippen LogP contribution in [0.25, 0.3) is 5.69 Å². The summed E-state index contributed by atoms with van der Waals surface area (Å²) >= 11 is 1.15. The lowest BCUT2D eigenvalue weighted by Gasteiger charge is -2.18. The fourth-order valence-electron chi connectivity index (χ4n) is 2.88. The Morgan fingerprint density at radius 2 is 1.72 bits per heavy atom. The van der Waals surface area contributed by atoms with Crippen molar-refractivity contribution in [2.45, 2.75) is 18.3 Å². The molecule has 0 aliphatic carbocycles. The van der Waals surface area contributed by atoms with Gasteiger partial charge in [0.05, 0.1) is 23.5 Å². The summed E-state index contributed by atoms with van der Waals surface area (Å²) in [6.07, 6.45) is -4.60. The summed E-state index contributed by atoms with van der Waals surface area (Å²) in [7, 11) is 1.41. The molecular formula is C21H20F3N5O2S. The lowest BCUT2D eigenvalue weighted by Crippen LogP contribution is -2.36. The third kappa shape index (κ3) is 5.67. The molecule has 3 rings (SSSR count). The Bertz CT molecular complexity index is 1100. The molecule has 7 nitrogen and oxygen atoms in total. The molecule has 0 bridgehead atoms. The van der Waals surface area contributed by atoms with Crippen LogP contribution in [0, 0.1) is 6.92 Å². The van der Waals surface area contributed by atoms with Crippen molar-refractivity contribution in [2.75, 3.05) is 24.7 Å². The number of amides is 2. The number of thioether (sulfide) groups is 1. The lowest BCUT2D eigenvalue weighted by atomic mass is 10.1. The molecular weight excluding hydrogens is 443 g/mol. The standard InChI is InChI=1S/C21H20F3N5O2S/c1-14-26-27-20(29(14)15-8-4-3-5-9-15)32-13-19(31)28(2)12-18(30)25-17-11-7-6-10-16(17)21(22,23)24/h3-11H,12-13H2,1-2H3,(H,25,30). The Kier molecular flexibility index (Phi) is 7.18. The summed E-state index contributed by atoms with van der Waals surface area (Å²) in [5.41, 5.74) is -0.457. The molecule has 0 atom stereocenters. The molecule has 1 heterocycles. The van der Waals surface area contributed by atoms with E-state index in [0.29, 0.717) is 11.0 Å². The summed E-state index contributed by atoms with van der Waals surface area (Å²) in [4.78, 5) is 25.8. The van der Waals surface area contributed by atoms with Crippen LogP contribution in [0.1, 0.15) is 11.4 Å². The smallest absolute Gasteiger partial charge is 0.336 e. The number of anilines is 1. The van der Waals surface area contributed by atoms with Crippen molar-refractivity contribution in [3.05, 3.63) is 66.0 Å². The normalized spacial score (nSPS) is 11.3. The number of aryl methyl sites for hydroxylation is 1. The maximum atomic E-state index is 13.1. The van der Waals surface area contributed by atoms with Gasteiger partial charge in [0.25, 0.3) is 0 Å². The lowest BCUT2D eigenvalue weighted by molar-refractivity contribution is -0.137. The number of hydrogen-bond donors (Lipinski definition) is 1. The summed E-state index contributed by atoms with van der Waals surface area (Å²) in [5, 5.41) is 10.9.